The maximum absolute atomic E-state index is 12.6. The standard InChI is InChI=1S/C23H30N2O5/c1-4-14(2)16-9-11-17(12-10-16)24-20(26)13-30-23(29)15(3)25-21(27)18-7-5-6-8-19(18)22(25)28/h9-12,14-15,18-19H,4-8,13H2,1-3H3,(H,24,26)/t14-,15+,18+,19+/m1/s1. The third kappa shape index (κ3) is 4.55. The summed E-state index contributed by atoms with van der Waals surface area (Å²) in [4.78, 5) is 50.7. The van der Waals surface area contributed by atoms with Crippen LogP contribution in [-0.4, -0.2) is 41.2 Å². The van der Waals surface area contributed by atoms with Crippen LogP contribution in [0.15, 0.2) is 24.3 Å². The van der Waals surface area contributed by atoms with Crippen LogP contribution in [0.2, 0.25) is 0 Å². The van der Waals surface area contributed by atoms with Crippen molar-refractivity contribution in [3.8, 4) is 0 Å². The molecule has 1 saturated heterocycles. The molecule has 3 amide bonds. The summed E-state index contributed by atoms with van der Waals surface area (Å²) in [6.07, 6.45) is 4.25. The first-order chi connectivity index (χ1) is 14.3. The topological polar surface area (TPSA) is 92.8 Å². The maximum atomic E-state index is 12.6. The van der Waals surface area contributed by atoms with E-state index in [4.69, 9.17) is 4.74 Å². The van der Waals surface area contributed by atoms with E-state index in [2.05, 4.69) is 19.2 Å². The zero-order chi connectivity index (χ0) is 21.8. The summed E-state index contributed by atoms with van der Waals surface area (Å²) in [6.45, 7) is 5.26. The lowest BCUT2D eigenvalue weighted by atomic mass is 9.81. The van der Waals surface area contributed by atoms with Crippen molar-refractivity contribution >= 4 is 29.4 Å². The number of esters is 1. The molecule has 1 heterocycles. The van der Waals surface area contributed by atoms with Crippen molar-refractivity contribution in [1.82, 2.24) is 4.90 Å². The molecule has 1 N–H and O–H groups in total. The minimum Gasteiger partial charge on any atom is -0.454 e. The number of fused-ring (bicyclic) bond motifs is 1. The molecule has 2 fully saturated rings. The minimum atomic E-state index is -1.03. The molecule has 1 aromatic rings. The number of anilines is 1. The van der Waals surface area contributed by atoms with E-state index >= 15 is 0 Å². The summed E-state index contributed by atoms with van der Waals surface area (Å²) in [7, 11) is 0. The van der Waals surface area contributed by atoms with E-state index in [-0.39, 0.29) is 23.7 Å². The van der Waals surface area contributed by atoms with Gasteiger partial charge < -0.3 is 10.1 Å². The fourth-order valence-corrected chi connectivity index (χ4v) is 4.26. The third-order valence-corrected chi connectivity index (χ3v) is 6.33. The highest BCUT2D eigenvalue weighted by molar-refractivity contribution is 6.08. The second-order valence-corrected chi connectivity index (χ2v) is 8.31. The first-order valence-electron chi connectivity index (χ1n) is 10.8. The summed E-state index contributed by atoms with van der Waals surface area (Å²) in [6, 6.07) is 6.52. The lowest BCUT2D eigenvalue weighted by Crippen LogP contribution is -2.45. The van der Waals surface area contributed by atoms with E-state index in [1.54, 1.807) is 0 Å². The molecule has 30 heavy (non-hydrogen) atoms. The number of rotatable bonds is 7. The number of imide groups is 1. The van der Waals surface area contributed by atoms with Gasteiger partial charge in [0.1, 0.15) is 6.04 Å². The summed E-state index contributed by atoms with van der Waals surface area (Å²) < 4.78 is 5.08. The lowest BCUT2D eigenvalue weighted by Gasteiger charge is -2.21. The Labute approximate surface area is 177 Å². The van der Waals surface area contributed by atoms with Crippen LogP contribution in [-0.2, 0) is 23.9 Å². The summed E-state index contributed by atoms with van der Waals surface area (Å²) in [5.41, 5.74) is 1.81. The molecule has 2 aliphatic rings. The molecule has 0 spiro atoms. The molecule has 4 atom stereocenters. The molecule has 0 unspecified atom stereocenters. The monoisotopic (exact) mass is 414 g/mol. The van der Waals surface area contributed by atoms with Gasteiger partial charge in [-0.05, 0) is 49.8 Å². The highest BCUT2D eigenvalue weighted by Gasteiger charge is 2.51. The summed E-state index contributed by atoms with van der Waals surface area (Å²) in [5.74, 6) is -2.00. The molecule has 162 valence electrons. The van der Waals surface area contributed by atoms with Crippen molar-refractivity contribution in [2.45, 2.75) is 64.8 Å². The fraction of sp³-hybridized carbons (Fsp3) is 0.565. The number of nitrogens with zero attached hydrogens (tertiary/aromatic N) is 1. The van der Waals surface area contributed by atoms with E-state index in [1.165, 1.54) is 12.5 Å². The van der Waals surface area contributed by atoms with Crippen LogP contribution >= 0.6 is 0 Å². The molecular formula is C23H30N2O5. The second kappa shape index (κ2) is 9.41. The number of carbonyl (C=O) groups excluding carboxylic acids is 4. The number of likely N-dealkylation sites (tertiary alicyclic amines) is 1. The zero-order valence-electron chi connectivity index (χ0n) is 17.8. The Hall–Kier alpha value is -2.70. The fourth-order valence-electron chi connectivity index (χ4n) is 4.26. The van der Waals surface area contributed by atoms with Crippen LogP contribution in [0.3, 0.4) is 0 Å². The molecule has 1 saturated carbocycles. The van der Waals surface area contributed by atoms with E-state index in [0.717, 1.165) is 24.2 Å². The average molecular weight is 415 g/mol. The lowest BCUT2D eigenvalue weighted by molar-refractivity contribution is -0.159. The van der Waals surface area contributed by atoms with Crippen molar-refractivity contribution in [2.75, 3.05) is 11.9 Å². The number of benzene rings is 1. The Bertz CT molecular complexity index is 795. The molecule has 7 nitrogen and oxygen atoms in total. The number of hydrogen-bond acceptors (Lipinski definition) is 5. The Morgan fingerprint density at radius 1 is 1.07 bits per heavy atom. The van der Waals surface area contributed by atoms with Gasteiger partial charge in [-0.3, -0.25) is 19.3 Å². The van der Waals surface area contributed by atoms with Gasteiger partial charge >= 0.3 is 5.97 Å². The van der Waals surface area contributed by atoms with Gasteiger partial charge in [-0.1, -0.05) is 38.8 Å². The summed E-state index contributed by atoms with van der Waals surface area (Å²) >= 11 is 0. The Balaban J connectivity index is 1.51. The Morgan fingerprint density at radius 3 is 2.17 bits per heavy atom. The van der Waals surface area contributed by atoms with E-state index < -0.39 is 24.5 Å². The van der Waals surface area contributed by atoms with Gasteiger partial charge in [0.2, 0.25) is 11.8 Å². The van der Waals surface area contributed by atoms with Crippen molar-refractivity contribution in [1.29, 1.82) is 0 Å². The molecule has 0 radical (unpaired) electrons. The zero-order valence-corrected chi connectivity index (χ0v) is 17.8. The predicted molar refractivity (Wildman–Crippen MR) is 111 cm³/mol. The van der Waals surface area contributed by atoms with E-state index in [1.807, 2.05) is 24.3 Å². The van der Waals surface area contributed by atoms with Gasteiger partial charge in [-0.2, -0.15) is 0 Å². The number of ether oxygens (including phenoxy) is 1. The largest absolute Gasteiger partial charge is 0.454 e. The smallest absolute Gasteiger partial charge is 0.329 e. The van der Waals surface area contributed by atoms with Crippen molar-refractivity contribution in [3.05, 3.63) is 29.8 Å². The van der Waals surface area contributed by atoms with Crippen molar-refractivity contribution < 1.29 is 23.9 Å². The molecule has 1 aliphatic carbocycles. The molecule has 3 rings (SSSR count). The van der Waals surface area contributed by atoms with Crippen LogP contribution in [0.4, 0.5) is 5.69 Å². The molecule has 0 aromatic heterocycles. The van der Waals surface area contributed by atoms with Gasteiger partial charge in [0.25, 0.3) is 5.91 Å². The molecule has 1 aromatic carbocycles. The van der Waals surface area contributed by atoms with E-state index in [0.29, 0.717) is 24.4 Å². The Morgan fingerprint density at radius 2 is 1.63 bits per heavy atom. The normalized spacial score (nSPS) is 23.0. The van der Waals surface area contributed by atoms with Crippen LogP contribution in [0.1, 0.15) is 64.4 Å². The molecular weight excluding hydrogens is 384 g/mol. The van der Waals surface area contributed by atoms with Crippen LogP contribution in [0.5, 0.6) is 0 Å². The molecule has 7 heteroatoms. The molecule has 1 aliphatic heterocycles. The van der Waals surface area contributed by atoms with Gasteiger partial charge in [0, 0.05) is 5.69 Å². The van der Waals surface area contributed by atoms with Gasteiger partial charge in [0.15, 0.2) is 6.61 Å². The van der Waals surface area contributed by atoms with Crippen LogP contribution < -0.4 is 5.32 Å². The number of amides is 3. The number of nitrogens with one attached hydrogen (secondary N) is 1. The van der Waals surface area contributed by atoms with Crippen molar-refractivity contribution in [3.63, 3.8) is 0 Å². The van der Waals surface area contributed by atoms with Gasteiger partial charge in [-0.15, -0.1) is 0 Å². The van der Waals surface area contributed by atoms with Gasteiger partial charge in [-0.25, -0.2) is 4.79 Å². The minimum absolute atomic E-state index is 0.292. The second-order valence-electron chi connectivity index (χ2n) is 8.31. The van der Waals surface area contributed by atoms with Crippen LogP contribution in [0.25, 0.3) is 0 Å². The summed E-state index contributed by atoms with van der Waals surface area (Å²) in [5, 5.41) is 2.68. The number of hydrogen-bond donors (Lipinski definition) is 1. The van der Waals surface area contributed by atoms with Crippen molar-refractivity contribution in [2.24, 2.45) is 11.8 Å². The highest BCUT2D eigenvalue weighted by atomic mass is 16.5. The van der Waals surface area contributed by atoms with Gasteiger partial charge in [0.05, 0.1) is 11.8 Å². The predicted octanol–water partition coefficient (Wildman–Crippen LogP) is 3.25. The molecule has 0 bridgehead atoms. The highest BCUT2D eigenvalue weighted by Crippen LogP contribution is 2.38. The van der Waals surface area contributed by atoms with E-state index in [9.17, 15) is 19.2 Å². The Kier molecular flexibility index (Phi) is 6.90. The first-order valence-corrected chi connectivity index (χ1v) is 10.8. The van der Waals surface area contributed by atoms with Crippen LogP contribution in [0, 0.1) is 11.8 Å². The third-order valence-electron chi connectivity index (χ3n) is 6.33. The number of carbonyl (C=O) groups is 4. The first kappa shape index (κ1) is 22.0. The maximum Gasteiger partial charge on any atom is 0.329 e. The average Bonchev–Trinajstić information content (AvgIpc) is 3.02. The quantitative estimate of drug-likeness (QED) is 0.546. The SMILES string of the molecule is CC[C@@H](C)c1ccc(NC(=O)COC(=O)[C@H](C)N2C(=O)[C@H]3CCCC[C@@H]3C2=O)cc1.